The largest absolute Gasteiger partial charge is 0.364 e. The van der Waals surface area contributed by atoms with Crippen molar-refractivity contribution in [3.8, 4) is 0 Å². The number of piperidine rings is 1. The van der Waals surface area contributed by atoms with Gasteiger partial charge in [0.25, 0.3) is 0 Å². The van der Waals surface area contributed by atoms with Gasteiger partial charge in [-0.3, -0.25) is 4.79 Å². The molecule has 4 heteroatoms. The SMILES string of the molecule is O=C1CCN(OC(=O)c2ccccc2)CC1. The van der Waals surface area contributed by atoms with Gasteiger partial charge in [0.1, 0.15) is 5.78 Å². The number of ketones is 1. The first kappa shape index (κ1) is 10.8. The second kappa shape index (κ2) is 4.90. The number of hydrogen-bond acceptors (Lipinski definition) is 4. The van der Waals surface area contributed by atoms with Crippen molar-refractivity contribution in [2.45, 2.75) is 12.8 Å². The summed E-state index contributed by atoms with van der Waals surface area (Å²) in [7, 11) is 0. The zero-order valence-electron chi connectivity index (χ0n) is 8.89. The molecule has 1 heterocycles. The molecule has 0 amide bonds. The third-order valence-electron chi connectivity index (χ3n) is 2.50. The minimum Gasteiger partial charge on any atom is -0.364 e. The fraction of sp³-hybridized carbons (Fsp3) is 0.333. The number of hydroxylamine groups is 2. The Hall–Kier alpha value is -1.68. The molecule has 0 aromatic heterocycles. The van der Waals surface area contributed by atoms with Gasteiger partial charge >= 0.3 is 5.97 Å². The highest BCUT2D eigenvalue weighted by Crippen LogP contribution is 2.09. The number of nitrogens with zero attached hydrogens (tertiary/aromatic N) is 1. The second-order valence-electron chi connectivity index (χ2n) is 3.71. The summed E-state index contributed by atoms with van der Waals surface area (Å²) >= 11 is 0. The molecule has 1 aliphatic rings. The van der Waals surface area contributed by atoms with Crippen LogP contribution in [0.15, 0.2) is 30.3 Å². The Morgan fingerprint density at radius 3 is 2.38 bits per heavy atom. The number of Topliss-reactive ketones (excluding diaryl/α,β-unsaturated/α-hetero) is 1. The summed E-state index contributed by atoms with van der Waals surface area (Å²) < 4.78 is 0. The van der Waals surface area contributed by atoms with Crippen LogP contribution in [0.1, 0.15) is 23.2 Å². The number of carbonyl (C=O) groups excluding carboxylic acids is 2. The summed E-state index contributed by atoms with van der Waals surface area (Å²) in [5.74, 6) is -0.137. The molecular weight excluding hydrogens is 206 g/mol. The van der Waals surface area contributed by atoms with Gasteiger partial charge in [0.2, 0.25) is 0 Å². The first-order chi connectivity index (χ1) is 7.75. The van der Waals surface area contributed by atoms with Crippen molar-refractivity contribution in [2.24, 2.45) is 0 Å². The lowest BCUT2D eigenvalue weighted by molar-refractivity contribution is -0.142. The fourth-order valence-corrected chi connectivity index (χ4v) is 1.57. The summed E-state index contributed by atoms with van der Waals surface area (Å²) in [6.07, 6.45) is 0.921. The van der Waals surface area contributed by atoms with E-state index >= 15 is 0 Å². The number of hydrogen-bond donors (Lipinski definition) is 0. The molecular formula is C12H13NO3. The lowest BCUT2D eigenvalue weighted by Gasteiger charge is -2.24. The maximum atomic E-state index is 11.6. The van der Waals surface area contributed by atoms with Gasteiger partial charge in [-0.15, -0.1) is 5.06 Å². The molecule has 1 saturated heterocycles. The molecule has 0 spiro atoms. The molecule has 0 atom stereocenters. The third kappa shape index (κ3) is 2.67. The van der Waals surface area contributed by atoms with Crippen LogP contribution in [0.2, 0.25) is 0 Å². The molecule has 0 bridgehead atoms. The van der Waals surface area contributed by atoms with Crippen LogP contribution < -0.4 is 0 Å². The summed E-state index contributed by atoms with van der Waals surface area (Å²) in [6.45, 7) is 0.995. The van der Waals surface area contributed by atoms with Gasteiger partial charge in [-0.2, -0.15) is 0 Å². The Balaban J connectivity index is 1.91. The zero-order valence-corrected chi connectivity index (χ0v) is 8.89. The van der Waals surface area contributed by atoms with E-state index < -0.39 is 0 Å². The predicted molar refractivity (Wildman–Crippen MR) is 57.7 cm³/mol. The van der Waals surface area contributed by atoms with Crippen LogP contribution in [0, 0.1) is 0 Å². The van der Waals surface area contributed by atoms with E-state index in [1.807, 2.05) is 6.07 Å². The Labute approximate surface area is 93.8 Å². The Bertz CT molecular complexity index is 379. The van der Waals surface area contributed by atoms with E-state index in [1.165, 1.54) is 0 Å². The van der Waals surface area contributed by atoms with Crippen LogP contribution in [0.3, 0.4) is 0 Å². The number of rotatable bonds is 2. The maximum Gasteiger partial charge on any atom is 0.357 e. The molecule has 1 aromatic carbocycles. The van der Waals surface area contributed by atoms with Crippen molar-refractivity contribution in [3.63, 3.8) is 0 Å². The first-order valence-electron chi connectivity index (χ1n) is 5.30. The standard InChI is InChI=1S/C12H13NO3/c14-11-6-8-13(9-7-11)16-12(15)10-4-2-1-3-5-10/h1-5H,6-9H2. The topological polar surface area (TPSA) is 46.6 Å². The van der Waals surface area contributed by atoms with Crippen molar-refractivity contribution in [1.82, 2.24) is 5.06 Å². The summed E-state index contributed by atoms with van der Waals surface area (Å²) in [5.41, 5.74) is 0.527. The Morgan fingerprint density at radius 1 is 1.12 bits per heavy atom. The van der Waals surface area contributed by atoms with Gasteiger partial charge in [0.05, 0.1) is 5.56 Å². The molecule has 16 heavy (non-hydrogen) atoms. The van der Waals surface area contributed by atoms with Crippen molar-refractivity contribution >= 4 is 11.8 Å². The van der Waals surface area contributed by atoms with Crippen molar-refractivity contribution in [3.05, 3.63) is 35.9 Å². The maximum absolute atomic E-state index is 11.6. The minimum atomic E-state index is -0.366. The Morgan fingerprint density at radius 2 is 1.75 bits per heavy atom. The van der Waals surface area contributed by atoms with Crippen LogP contribution in [-0.2, 0) is 9.63 Å². The number of benzene rings is 1. The van der Waals surface area contributed by atoms with Crippen molar-refractivity contribution in [1.29, 1.82) is 0 Å². The molecule has 2 rings (SSSR count). The molecule has 0 radical (unpaired) electrons. The highest BCUT2D eigenvalue weighted by molar-refractivity contribution is 5.89. The van der Waals surface area contributed by atoms with E-state index in [1.54, 1.807) is 29.3 Å². The van der Waals surface area contributed by atoms with E-state index in [9.17, 15) is 9.59 Å². The molecule has 0 unspecified atom stereocenters. The molecule has 0 aliphatic carbocycles. The van der Waals surface area contributed by atoms with Gasteiger partial charge in [0.15, 0.2) is 0 Å². The van der Waals surface area contributed by atoms with Crippen LogP contribution >= 0.6 is 0 Å². The molecule has 1 aliphatic heterocycles. The van der Waals surface area contributed by atoms with Crippen molar-refractivity contribution in [2.75, 3.05) is 13.1 Å². The van der Waals surface area contributed by atoms with Gasteiger partial charge in [-0.05, 0) is 12.1 Å². The van der Waals surface area contributed by atoms with Crippen LogP contribution in [0.25, 0.3) is 0 Å². The quantitative estimate of drug-likeness (QED) is 0.754. The fourth-order valence-electron chi connectivity index (χ4n) is 1.57. The summed E-state index contributed by atoms with van der Waals surface area (Å²) in [6, 6.07) is 8.83. The van der Waals surface area contributed by atoms with E-state index in [4.69, 9.17) is 4.84 Å². The van der Waals surface area contributed by atoms with E-state index in [2.05, 4.69) is 0 Å². The molecule has 1 fully saturated rings. The highest BCUT2D eigenvalue weighted by atomic mass is 16.7. The van der Waals surface area contributed by atoms with Gasteiger partial charge in [-0.1, -0.05) is 18.2 Å². The second-order valence-corrected chi connectivity index (χ2v) is 3.71. The lowest BCUT2D eigenvalue weighted by Crippen LogP contribution is -2.35. The average molecular weight is 219 g/mol. The highest BCUT2D eigenvalue weighted by Gasteiger charge is 2.20. The van der Waals surface area contributed by atoms with Gasteiger partial charge in [-0.25, -0.2) is 4.79 Å². The number of carbonyl (C=O) groups is 2. The summed E-state index contributed by atoms with van der Waals surface area (Å²) in [4.78, 5) is 27.8. The monoisotopic (exact) mass is 219 g/mol. The predicted octanol–water partition coefficient (Wildman–Crippen LogP) is 1.42. The van der Waals surface area contributed by atoms with E-state index in [0.29, 0.717) is 31.5 Å². The molecule has 0 saturated carbocycles. The average Bonchev–Trinajstić information content (AvgIpc) is 2.33. The van der Waals surface area contributed by atoms with Crippen LogP contribution in [0.4, 0.5) is 0 Å². The molecule has 4 nitrogen and oxygen atoms in total. The zero-order chi connectivity index (χ0) is 11.4. The lowest BCUT2D eigenvalue weighted by atomic mass is 10.1. The third-order valence-corrected chi connectivity index (χ3v) is 2.50. The van der Waals surface area contributed by atoms with Gasteiger partial charge < -0.3 is 4.84 Å². The van der Waals surface area contributed by atoms with Gasteiger partial charge in [0, 0.05) is 25.9 Å². The molecule has 84 valence electrons. The Kier molecular flexibility index (Phi) is 3.31. The smallest absolute Gasteiger partial charge is 0.357 e. The molecule has 1 aromatic rings. The van der Waals surface area contributed by atoms with Crippen molar-refractivity contribution < 1.29 is 14.4 Å². The normalized spacial score (nSPS) is 17.1. The van der Waals surface area contributed by atoms with Crippen LogP contribution in [-0.4, -0.2) is 29.9 Å². The minimum absolute atomic E-state index is 0.229. The van der Waals surface area contributed by atoms with E-state index in [-0.39, 0.29) is 11.8 Å². The van der Waals surface area contributed by atoms with Crippen LogP contribution in [0.5, 0.6) is 0 Å². The van der Waals surface area contributed by atoms with E-state index in [0.717, 1.165) is 0 Å². The first-order valence-corrected chi connectivity index (χ1v) is 5.30. The summed E-state index contributed by atoms with van der Waals surface area (Å²) in [5, 5.41) is 1.55. The molecule has 0 N–H and O–H groups in total.